The third-order valence-electron chi connectivity index (χ3n) is 2.68. The van der Waals surface area contributed by atoms with Gasteiger partial charge in [0.25, 0.3) is 0 Å². The molecule has 1 aromatic carbocycles. The van der Waals surface area contributed by atoms with Gasteiger partial charge >= 0.3 is 0 Å². The Morgan fingerprint density at radius 1 is 1.33 bits per heavy atom. The summed E-state index contributed by atoms with van der Waals surface area (Å²) < 4.78 is 6.08. The fraction of sp³-hybridized carbons (Fsp3) is 0.538. The molecule has 0 saturated heterocycles. The minimum Gasteiger partial charge on any atom is -0.367 e. The average Bonchev–Trinajstić information content (AvgIpc) is 2.30. The van der Waals surface area contributed by atoms with Crippen LogP contribution in [0.4, 0.5) is 0 Å². The van der Waals surface area contributed by atoms with Gasteiger partial charge in [-0.2, -0.15) is 0 Å². The van der Waals surface area contributed by atoms with Crippen molar-refractivity contribution in [1.82, 2.24) is 0 Å². The normalized spacial score (nSPS) is 17.1. The molecular weight excluding hydrogens is 252 g/mol. The van der Waals surface area contributed by atoms with Crippen LogP contribution in [0.15, 0.2) is 30.3 Å². The molecule has 0 fully saturated rings. The molecule has 0 aliphatic heterocycles. The molecule has 0 saturated carbocycles. The quantitative estimate of drug-likeness (QED) is 0.732. The molecule has 2 heteroatoms. The topological polar surface area (TPSA) is 9.23 Å². The van der Waals surface area contributed by atoms with E-state index in [9.17, 15) is 0 Å². The molecule has 0 aliphatic carbocycles. The van der Waals surface area contributed by atoms with Gasteiger partial charge in [-0.25, -0.2) is 0 Å². The number of benzene rings is 1. The van der Waals surface area contributed by atoms with Gasteiger partial charge in [0.2, 0.25) is 0 Å². The van der Waals surface area contributed by atoms with Crippen LogP contribution >= 0.6 is 15.9 Å². The van der Waals surface area contributed by atoms with Crippen molar-refractivity contribution < 1.29 is 4.74 Å². The predicted octanol–water partition coefficient (Wildman–Crippen LogP) is 4.11. The lowest BCUT2D eigenvalue weighted by molar-refractivity contribution is -0.0650. The Morgan fingerprint density at radius 3 is 2.40 bits per heavy atom. The second-order valence-corrected chi connectivity index (χ2v) is 4.63. The number of halogens is 1. The van der Waals surface area contributed by atoms with E-state index in [4.69, 9.17) is 4.74 Å². The van der Waals surface area contributed by atoms with Gasteiger partial charge < -0.3 is 4.74 Å². The van der Waals surface area contributed by atoms with E-state index in [2.05, 4.69) is 61.0 Å². The van der Waals surface area contributed by atoms with E-state index in [0.717, 1.165) is 11.8 Å². The van der Waals surface area contributed by atoms with Crippen LogP contribution in [0.3, 0.4) is 0 Å². The van der Waals surface area contributed by atoms with Crippen LogP contribution in [-0.4, -0.2) is 11.4 Å². The molecule has 0 heterocycles. The Kier molecular flexibility index (Phi) is 4.81. The zero-order chi connectivity index (χ0) is 11.3. The summed E-state index contributed by atoms with van der Waals surface area (Å²) in [6.45, 7) is 6.39. The summed E-state index contributed by atoms with van der Waals surface area (Å²) in [5, 5.41) is 0.814. The van der Waals surface area contributed by atoms with E-state index >= 15 is 0 Å². The van der Waals surface area contributed by atoms with E-state index in [0.29, 0.717) is 0 Å². The number of hydrogen-bond acceptors (Lipinski definition) is 1. The number of ether oxygens (including phenoxy) is 1. The molecule has 15 heavy (non-hydrogen) atoms. The monoisotopic (exact) mass is 270 g/mol. The largest absolute Gasteiger partial charge is 0.367 e. The van der Waals surface area contributed by atoms with E-state index in [1.165, 1.54) is 5.56 Å². The molecule has 0 aliphatic rings. The molecule has 2 atom stereocenters. The zero-order valence-corrected chi connectivity index (χ0v) is 11.3. The summed E-state index contributed by atoms with van der Waals surface area (Å²) in [5.41, 5.74) is 0.999. The maximum atomic E-state index is 6.08. The lowest BCUT2D eigenvalue weighted by Crippen LogP contribution is -2.31. The third kappa shape index (κ3) is 3.32. The molecule has 0 spiro atoms. The van der Waals surface area contributed by atoms with Crippen LogP contribution in [0.5, 0.6) is 0 Å². The van der Waals surface area contributed by atoms with Crippen molar-refractivity contribution in [3.05, 3.63) is 35.9 Å². The van der Waals surface area contributed by atoms with Crippen molar-refractivity contribution in [3.8, 4) is 0 Å². The second-order valence-electron chi connectivity index (χ2n) is 4.07. The maximum Gasteiger partial charge on any atom is 0.100 e. The van der Waals surface area contributed by atoms with E-state index in [1.807, 2.05) is 6.07 Å². The van der Waals surface area contributed by atoms with Crippen LogP contribution in [0.2, 0.25) is 0 Å². The predicted molar refractivity (Wildman–Crippen MR) is 68.4 cm³/mol. The number of hydrogen-bond donors (Lipinski definition) is 0. The first-order valence-electron chi connectivity index (χ1n) is 5.41. The fourth-order valence-corrected chi connectivity index (χ4v) is 1.95. The van der Waals surface area contributed by atoms with E-state index in [1.54, 1.807) is 0 Å². The Balaban J connectivity index is 2.85. The lowest BCUT2D eigenvalue weighted by Gasteiger charge is -2.31. The van der Waals surface area contributed by atoms with Crippen LogP contribution < -0.4 is 0 Å². The molecule has 0 N–H and O–H groups in total. The molecule has 0 radical (unpaired) electrons. The minimum atomic E-state index is -0.226. The van der Waals surface area contributed by atoms with Gasteiger partial charge in [-0.3, -0.25) is 0 Å². The molecule has 0 bridgehead atoms. The Labute approximate surface area is 101 Å². The smallest absolute Gasteiger partial charge is 0.100 e. The molecule has 1 aromatic rings. The molecule has 1 nitrogen and oxygen atoms in total. The summed E-state index contributed by atoms with van der Waals surface area (Å²) in [5.74, 6) is 0. The van der Waals surface area contributed by atoms with Crippen molar-refractivity contribution in [2.24, 2.45) is 0 Å². The SMILES string of the molecule is CCC(C)OC(C)(CBr)c1ccccc1. The Morgan fingerprint density at radius 2 is 1.93 bits per heavy atom. The molecular formula is C13H19BrO. The van der Waals surface area contributed by atoms with Crippen molar-refractivity contribution in [2.45, 2.75) is 38.9 Å². The highest BCUT2D eigenvalue weighted by atomic mass is 79.9. The van der Waals surface area contributed by atoms with E-state index in [-0.39, 0.29) is 11.7 Å². The molecule has 0 amide bonds. The summed E-state index contributed by atoms with van der Waals surface area (Å²) >= 11 is 3.54. The summed E-state index contributed by atoms with van der Waals surface area (Å²) in [6.07, 6.45) is 1.32. The first kappa shape index (κ1) is 12.7. The van der Waals surface area contributed by atoms with Crippen molar-refractivity contribution in [2.75, 3.05) is 5.33 Å². The summed E-state index contributed by atoms with van der Waals surface area (Å²) in [4.78, 5) is 0. The van der Waals surface area contributed by atoms with Gasteiger partial charge in [0.05, 0.1) is 6.10 Å². The fourth-order valence-electron chi connectivity index (χ4n) is 1.49. The van der Waals surface area contributed by atoms with Crippen LogP contribution in [-0.2, 0) is 10.3 Å². The first-order chi connectivity index (χ1) is 7.12. The van der Waals surface area contributed by atoms with Crippen LogP contribution in [0.25, 0.3) is 0 Å². The van der Waals surface area contributed by atoms with Gasteiger partial charge in [-0.15, -0.1) is 0 Å². The number of alkyl halides is 1. The lowest BCUT2D eigenvalue weighted by atomic mass is 9.98. The first-order valence-corrected chi connectivity index (χ1v) is 6.54. The van der Waals surface area contributed by atoms with Gasteiger partial charge in [-0.1, -0.05) is 53.2 Å². The average molecular weight is 271 g/mol. The third-order valence-corrected chi connectivity index (χ3v) is 3.75. The van der Waals surface area contributed by atoms with Crippen molar-refractivity contribution >= 4 is 15.9 Å². The van der Waals surface area contributed by atoms with Gasteiger partial charge in [-0.05, 0) is 25.8 Å². The standard InChI is InChI=1S/C13H19BrO/c1-4-11(2)15-13(3,10-14)12-8-6-5-7-9-12/h5-9,11H,4,10H2,1-3H3. The molecule has 84 valence electrons. The minimum absolute atomic E-state index is 0.226. The van der Waals surface area contributed by atoms with Gasteiger partial charge in [0.1, 0.15) is 5.60 Å². The Bertz CT molecular complexity index is 286. The highest BCUT2D eigenvalue weighted by Crippen LogP contribution is 2.29. The van der Waals surface area contributed by atoms with Gasteiger partial charge in [0.15, 0.2) is 0 Å². The maximum absolute atomic E-state index is 6.08. The van der Waals surface area contributed by atoms with Crippen LogP contribution in [0.1, 0.15) is 32.8 Å². The summed E-state index contributed by atoms with van der Waals surface area (Å²) in [7, 11) is 0. The van der Waals surface area contributed by atoms with E-state index < -0.39 is 0 Å². The van der Waals surface area contributed by atoms with Crippen LogP contribution in [0, 0.1) is 0 Å². The highest BCUT2D eigenvalue weighted by molar-refractivity contribution is 9.09. The molecule has 1 rings (SSSR count). The summed E-state index contributed by atoms with van der Waals surface area (Å²) in [6, 6.07) is 10.4. The second kappa shape index (κ2) is 5.66. The number of rotatable bonds is 5. The highest BCUT2D eigenvalue weighted by Gasteiger charge is 2.27. The molecule has 2 unspecified atom stereocenters. The molecule has 0 aromatic heterocycles. The Hall–Kier alpha value is -0.340. The van der Waals surface area contributed by atoms with Crippen molar-refractivity contribution in [3.63, 3.8) is 0 Å². The van der Waals surface area contributed by atoms with Gasteiger partial charge in [0, 0.05) is 5.33 Å². The van der Waals surface area contributed by atoms with Crippen molar-refractivity contribution in [1.29, 1.82) is 0 Å². The zero-order valence-electron chi connectivity index (χ0n) is 9.66.